The van der Waals surface area contributed by atoms with E-state index in [1.54, 1.807) is 37.6 Å². The molecule has 1 unspecified atom stereocenters. The van der Waals surface area contributed by atoms with Crippen molar-refractivity contribution in [2.75, 3.05) is 6.61 Å². The van der Waals surface area contributed by atoms with E-state index in [1.165, 1.54) is 0 Å². The lowest BCUT2D eigenvalue weighted by Crippen LogP contribution is -2.26. The number of carbonyl (C=O) groups is 2. The number of benzene rings is 1. The first kappa shape index (κ1) is 19.0. The summed E-state index contributed by atoms with van der Waals surface area (Å²) in [7, 11) is 0. The van der Waals surface area contributed by atoms with Crippen LogP contribution >= 0.6 is 11.6 Å². The number of ether oxygens (including phenoxy) is 2. The Morgan fingerprint density at radius 2 is 1.96 bits per heavy atom. The monoisotopic (exact) mass is 389 g/mol. The van der Waals surface area contributed by atoms with Crippen molar-refractivity contribution in [3.05, 3.63) is 52.0 Å². The van der Waals surface area contributed by atoms with Crippen molar-refractivity contribution in [1.82, 2.24) is 15.1 Å². The second kappa shape index (κ2) is 7.44. The molecule has 1 aromatic heterocycles. The number of hydrogen-bond donors (Lipinski definition) is 1. The number of carbonyl (C=O) groups excluding carboxylic acids is 2. The Morgan fingerprint density at radius 3 is 2.59 bits per heavy atom. The van der Waals surface area contributed by atoms with Crippen LogP contribution in [0.15, 0.2) is 30.0 Å². The minimum atomic E-state index is -0.839. The molecule has 1 aliphatic rings. The fourth-order valence-electron chi connectivity index (χ4n) is 3.11. The summed E-state index contributed by atoms with van der Waals surface area (Å²) in [5, 5.41) is 7.95. The first-order valence-corrected chi connectivity index (χ1v) is 8.93. The lowest BCUT2D eigenvalue weighted by atomic mass is 10.0. The van der Waals surface area contributed by atoms with Gasteiger partial charge < -0.3 is 14.8 Å². The van der Waals surface area contributed by atoms with E-state index in [9.17, 15) is 9.59 Å². The number of hydrogen-bond acceptors (Lipinski definition) is 5. The zero-order valence-corrected chi connectivity index (χ0v) is 16.3. The van der Waals surface area contributed by atoms with E-state index in [2.05, 4.69) is 10.4 Å². The third kappa shape index (κ3) is 3.55. The number of rotatable bonds is 4. The number of aromatic nitrogens is 2. The van der Waals surface area contributed by atoms with E-state index in [4.69, 9.17) is 21.1 Å². The Kier molecular flexibility index (Phi) is 5.23. The quantitative estimate of drug-likeness (QED) is 0.808. The average molecular weight is 390 g/mol. The summed E-state index contributed by atoms with van der Waals surface area (Å²) >= 11 is 5.96. The molecule has 3 rings (SSSR count). The molecule has 1 atom stereocenters. The van der Waals surface area contributed by atoms with Crippen LogP contribution < -0.4 is 5.32 Å². The summed E-state index contributed by atoms with van der Waals surface area (Å²) in [6.45, 7) is 7.27. The van der Waals surface area contributed by atoms with Crippen LogP contribution in [0.5, 0.6) is 0 Å². The maximum atomic E-state index is 12.6. The van der Waals surface area contributed by atoms with Crippen LogP contribution in [0.2, 0.25) is 5.02 Å². The van der Waals surface area contributed by atoms with Gasteiger partial charge in [0.05, 0.1) is 29.6 Å². The highest BCUT2D eigenvalue weighted by Crippen LogP contribution is 2.33. The van der Waals surface area contributed by atoms with Crippen molar-refractivity contribution in [1.29, 1.82) is 0 Å². The molecule has 1 amide bonds. The van der Waals surface area contributed by atoms with E-state index in [1.807, 2.05) is 19.1 Å². The fraction of sp³-hybridized carbons (Fsp3) is 0.316. The Balaban J connectivity index is 2.10. The van der Waals surface area contributed by atoms with Gasteiger partial charge in [-0.1, -0.05) is 11.6 Å². The summed E-state index contributed by atoms with van der Waals surface area (Å²) in [4.78, 5) is 24.4. The van der Waals surface area contributed by atoms with Crippen LogP contribution in [0.3, 0.4) is 0 Å². The summed E-state index contributed by atoms with van der Waals surface area (Å²) < 4.78 is 11.9. The topological polar surface area (TPSA) is 82.5 Å². The first-order chi connectivity index (χ1) is 12.8. The average Bonchev–Trinajstić information content (AvgIpc) is 3.04. The highest BCUT2D eigenvalue weighted by molar-refractivity contribution is 6.30. The van der Waals surface area contributed by atoms with Gasteiger partial charge in [-0.05, 0) is 52.0 Å². The van der Waals surface area contributed by atoms with Crippen molar-refractivity contribution in [2.24, 2.45) is 0 Å². The second-order valence-corrected chi connectivity index (χ2v) is 6.59. The molecule has 8 heteroatoms. The van der Waals surface area contributed by atoms with Gasteiger partial charge in [-0.2, -0.15) is 5.10 Å². The van der Waals surface area contributed by atoms with Gasteiger partial charge in [0.15, 0.2) is 0 Å². The number of nitrogens with zero attached hydrogens (tertiary/aromatic N) is 2. The largest absolute Gasteiger partial charge is 0.513 e. The highest BCUT2D eigenvalue weighted by Gasteiger charge is 2.36. The summed E-state index contributed by atoms with van der Waals surface area (Å²) in [6.07, 6.45) is -0.839. The molecule has 0 radical (unpaired) electrons. The molecule has 27 heavy (non-hydrogen) atoms. The Morgan fingerprint density at radius 1 is 1.30 bits per heavy atom. The fourth-order valence-corrected chi connectivity index (χ4v) is 3.24. The lowest BCUT2D eigenvalue weighted by Gasteiger charge is -2.10. The van der Waals surface area contributed by atoms with Gasteiger partial charge in [0, 0.05) is 16.3 Å². The van der Waals surface area contributed by atoms with Crippen LogP contribution in [0.25, 0.3) is 11.3 Å². The van der Waals surface area contributed by atoms with E-state index in [0.717, 1.165) is 11.4 Å². The molecule has 7 nitrogen and oxygen atoms in total. The van der Waals surface area contributed by atoms with Gasteiger partial charge in [-0.25, -0.2) is 9.48 Å². The van der Waals surface area contributed by atoms with Crippen molar-refractivity contribution in [3.8, 4) is 5.69 Å². The summed E-state index contributed by atoms with van der Waals surface area (Å²) in [5.74, 6) is -0.0797. The number of aryl methyl sites for hydroxylation is 1. The van der Waals surface area contributed by atoms with Crippen molar-refractivity contribution >= 4 is 29.2 Å². The molecule has 1 aromatic carbocycles. The van der Waals surface area contributed by atoms with Gasteiger partial charge in [0.2, 0.25) is 0 Å². The molecule has 0 saturated heterocycles. The molecular formula is C19H20ClN3O4. The third-order valence-corrected chi connectivity index (χ3v) is 4.53. The molecule has 0 aliphatic carbocycles. The van der Waals surface area contributed by atoms with Crippen molar-refractivity contribution in [2.45, 2.75) is 33.7 Å². The van der Waals surface area contributed by atoms with E-state index >= 15 is 0 Å². The van der Waals surface area contributed by atoms with Crippen LogP contribution in [-0.2, 0) is 14.3 Å². The van der Waals surface area contributed by atoms with Crippen LogP contribution in [0.1, 0.15) is 30.8 Å². The Hall–Kier alpha value is -2.80. The summed E-state index contributed by atoms with van der Waals surface area (Å²) in [5.41, 5.74) is 3.13. The van der Waals surface area contributed by atoms with Gasteiger partial charge in [-0.15, -0.1) is 0 Å². The standard InChI is InChI=1S/C19H20ClN3O4/c1-5-26-19(25)27-17-11(3)21-18(24)16(17)15-10(2)22-23(12(15)4)14-8-6-13(20)7-9-14/h6-9,11H,5H2,1-4H3,(H,21,24). The maximum Gasteiger partial charge on any atom is 0.513 e. The molecule has 1 aliphatic heterocycles. The Bertz CT molecular complexity index is 931. The zero-order valence-electron chi connectivity index (χ0n) is 15.5. The first-order valence-electron chi connectivity index (χ1n) is 8.55. The highest BCUT2D eigenvalue weighted by atomic mass is 35.5. The third-order valence-electron chi connectivity index (χ3n) is 4.28. The zero-order chi connectivity index (χ0) is 19.7. The van der Waals surface area contributed by atoms with Gasteiger partial charge in [0.25, 0.3) is 5.91 Å². The van der Waals surface area contributed by atoms with Gasteiger partial charge >= 0.3 is 6.16 Å². The number of nitrogens with one attached hydrogen (secondary N) is 1. The van der Waals surface area contributed by atoms with E-state index < -0.39 is 12.2 Å². The van der Waals surface area contributed by atoms with Gasteiger partial charge in [-0.3, -0.25) is 4.79 Å². The van der Waals surface area contributed by atoms with E-state index in [0.29, 0.717) is 21.9 Å². The molecule has 1 N–H and O–H groups in total. The molecule has 0 saturated carbocycles. The molecule has 2 heterocycles. The maximum absolute atomic E-state index is 12.6. The van der Waals surface area contributed by atoms with Crippen LogP contribution in [0.4, 0.5) is 4.79 Å². The van der Waals surface area contributed by atoms with Crippen LogP contribution in [0, 0.1) is 13.8 Å². The number of halogens is 1. The normalized spacial score (nSPS) is 16.5. The van der Waals surface area contributed by atoms with Crippen LogP contribution in [-0.4, -0.2) is 34.5 Å². The summed E-state index contributed by atoms with van der Waals surface area (Å²) in [6, 6.07) is 6.77. The molecule has 0 spiro atoms. The molecule has 142 valence electrons. The molecule has 0 bridgehead atoms. The van der Waals surface area contributed by atoms with Crippen molar-refractivity contribution < 1.29 is 19.1 Å². The molecule has 0 fully saturated rings. The molecular weight excluding hydrogens is 370 g/mol. The smallest absolute Gasteiger partial charge is 0.434 e. The van der Waals surface area contributed by atoms with Crippen molar-refractivity contribution in [3.63, 3.8) is 0 Å². The molecule has 2 aromatic rings. The SMILES string of the molecule is CCOC(=O)OC1=C(c2c(C)nn(-c3ccc(Cl)cc3)c2C)C(=O)NC1C. The van der Waals surface area contributed by atoms with E-state index in [-0.39, 0.29) is 18.3 Å². The predicted molar refractivity (Wildman–Crippen MR) is 101 cm³/mol. The van der Waals surface area contributed by atoms with Gasteiger partial charge in [0.1, 0.15) is 5.76 Å². The predicted octanol–water partition coefficient (Wildman–Crippen LogP) is 3.55. The minimum absolute atomic E-state index is 0.184. The lowest BCUT2D eigenvalue weighted by molar-refractivity contribution is -0.115. The second-order valence-electron chi connectivity index (χ2n) is 6.15. The number of amides is 1. The minimum Gasteiger partial charge on any atom is -0.434 e. The Labute approximate surface area is 161 Å².